The van der Waals surface area contributed by atoms with E-state index in [1.165, 1.54) is 3.97 Å². The summed E-state index contributed by atoms with van der Waals surface area (Å²) in [5, 5.41) is 14.9. The molecule has 1 aliphatic rings. The van der Waals surface area contributed by atoms with Crippen LogP contribution < -0.4 is 0 Å². The zero-order valence-corrected chi connectivity index (χ0v) is 14.8. The number of nitrogens with zero attached hydrogens (tertiary/aromatic N) is 4. The Kier molecular flexibility index (Phi) is 3.77. The second-order valence-corrected chi connectivity index (χ2v) is 8.17. The van der Waals surface area contributed by atoms with Crippen LogP contribution in [-0.2, 0) is 16.4 Å². The summed E-state index contributed by atoms with van der Waals surface area (Å²) in [6.45, 7) is 1.89. The van der Waals surface area contributed by atoms with E-state index < -0.39 is 22.2 Å². The first kappa shape index (κ1) is 16.7. The Morgan fingerprint density at radius 2 is 1.88 bits per heavy atom. The van der Waals surface area contributed by atoms with Gasteiger partial charge in [-0.2, -0.15) is 0 Å². The Morgan fingerprint density at radius 1 is 1.19 bits per heavy atom. The Hall–Kier alpha value is -2.80. The van der Waals surface area contributed by atoms with E-state index >= 15 is 0 Å². The number of hydrogen-bond acceptors (Lipinski definition) is 4. The molecule has 0 unspecified atom stereocenters. The zero-order chi connectivity index (χ0) is 18.5. The van der Waals surface area contributed by atoms with Crippen molar-refractivity contribution in [1.82, 2.24) is 3.97 Å². The maximum absolute atomic E-state index is 13.3. The Morgan fingerprint density at radius 3 is 2.58 bits per heavy atom. The summed E-state index contributed by atoms with van der Waals surface area (Å²) in [6.07, 6.45) is -0.861. The number of hydrogen-bond donors (Lipinski definition) is 1. The first-order chi connectivity index (χ1) is 12.4. The van der Waals surface area contributed by atoms with Crippen molar-refractivity contribution in [3.63, 3.8) is 0 Å². The number of aryl methyl sites for hydroxylation is 1. The molecule has 1 N–H and O–H groups in total. The molecule has 0 spiro atoms. The highest BCUT2D eigenvalue weighted by molar-refractivity contribution is 7.90. The lowest BCUT2D eigenvalue weighted by molar-refractivity contribution is 0.161. The molecule has 7 nitrogen and oxygen atoms in total. The van der Waals surface area contributed by atoms with Crippen molar-refractivity contribution < 1.29 is 13.5 Å². The van der Waals surface area contributed by atoms with E-state index in [2.05, 4.69) is 10.0 Å². The van der Waals surface area contributed by atoms with Gasteiger partial charge in [-0.1, -0.05) is 41.0 Å². The molecule has 26 heavy (non-hydrogen) atoms. The third-order valence-corrected chi connectivity index (χ3v) is 6.56. The summed E-state index contributed by atoms with van der Waals surface area (Å²) in [5.41, 5.74) is 11.2. The third-order valence-electron chi connectivity index (χ3n) is 4.79. The number of aromatic nitrogens is 1. The SMILES string of the molecule is Cc1ccc(S(=O)(=O)n2c3c(c4ccccc42)[C@@H](O)[C@H](N=[N+]=[N-])C3)cc1. The lowest BCUT2D eigenvalue weighted by atomic mass is 10.1. The van der Waals surface area contributed by atoms with Gasteiger partial charge in [0.15, 0.2) is 0 Å². The van der Waals surface area contributed by atoms with E-state index in [1.807, 2.05) is 6.92 Å². The number of para-hydroxylation sites is 1. The largest absolute Gasteiger partial charge is 0.388 e. The van der Waals surface area contributed by atoms with Crippen LogP contribution in [0.5, 0.6) is 0 Å². The maximum atomic E-state index is 13.3. The van der Waals surface area contributed by atoms with E-state index in [4.69, 9.17) is 5.53 Å². The first-order valence-corrected chi connectivity index (χ1v) is 9.56. The summed E-state index contributed by atoms with van der Waals surface area (Å²) in [6, 6.07) is 13.0. The van der Waals surface area contributed by atoms with Gasteiger partial charge in [-0.3, -0.25) is 0 Å². The van der Waals surface area contributed by atoms with Gasteiger partial charge in [-0.15, -0.1) is 0 Å². The highest BCUT2D eigenvalue weighted by atomic mass is 32.2. The van der Waals surface area contributed by atoms with E-state index in [0.29, 0.717) is 22.2 Å². The summed E-state index contributed by atoms with van der Waals surface area (Å²) in [7, 11) is -3.86. The molecule has 3 aromatic rings. The fraction of sp³-hybridized carbons (Fsp3) is 0.222. The number of benzene rings is 2. The molecule has 0 aliphatic heterocycles. The minimum Gasteiger partial charge on any atom is -0.388 e. The van der Waals surface area contributed by atoms with Crippen LogP contribution in [-0.4, -0.2) is 23.5 Å². The molecule has 1 aromatic heterocycles. The lowest BCUT2D eigenvalue weighted by Gasteiger charge is -2.12. The molecule has 0 saturated carbocycles. The molecule has 2 atom stereocenters. The predicted octanol–water partition coefficient (Wildman–Crippen LogP) is 3.46. The maximum Gasteiger partial charge on any atom is 0.268 e. The molecule has 1 heterocycles. The summed E-state index contributed by atoms with van der Waals surface area (Å²) in [4.78, 5) is 2.95. The third kappa shape index (κ3) is 2.31. The number of aliphatic hydroxyl groups is 1. The zero-order valence-electron chi connectivity index (χ0n) is 13.9. The molecule has 0 fully saturated rings. The van der Waals surface area contributed by atoms with Gasteiger partial charge in [0.1, 0.15) is 0 Å². The van der Waals surface area contributed by atoms with Gasteiger partial charge < -0.3 is 5.11 Å². The van der Waals surface area contributed by atoms with Gasteiger partial charge in [-0.05, 0) is 30.7 Å². The summed E-state index contributed by atoms with van der Waals surface area (Å²) < 4.78 is 27.9. The molecule has 0 saturated heterocycles. The fourth-order valence-corrected chi connectivity index (χ4v) is 5.15. The van der Waals surface area contributed by atoms with E-state index in [0.717, 1.165) is 5.56 Å². The Labute approximate surface area is 150 Å². The Bertz CT molecular complexity index is 1160. The van der Waals surface area contributed by atoms with E-state index in [9.17, 15) is 13.5 Å². The van der Waals surface area contributed by atoms with Crippen LogP contribution in [0.15, 0.2) is 58.5 Å². The molecule has 1 aliphatic carbocycles. The second kappa shape index (κ2) is 5.88. The Balaban J connectivity index is 2.01. The average molecular weight is 368 g/mol. The molecule has 8 heteroatoms. The topological polar surface area (TPSA) is 108 Å². The van der Waals surface area contributed by atoms with Crippen LogP contribution in [0, 0.1) is 6.92 Å². The summed E-state index contributed by atoms with van der Waals surface area (Å²) in [5.74, 6) is 0. The fourth-order valence-electron chi connectivity index (χ4n) is 3.57. The minimum absolute atomic E-state index is 0.167. The molecule has 4 rings (SSSR count). The van der Waals surface area contributed by atoms with Crippen LogP contribution >= 0.6 is 0 Å². The monoisotopic (exact) mass is 368 g/mol. The summed E-state index contributed by atoms with van der Waals surface area (Å²) >= 11 is 0. The lowest BCUT2D eigenvalue weighted by Crippen LogP contribution is -2.17. The standard InChI is InChI=1S/C18H16N4O3S/c1-11-6-8-12(9-7-11)26(24,25)22-15-5-3-2-4-13(15)17-16(22)10-14(18(17)23)20-21-19/h2-9,14,18,23H,10H2,1H3/t14-,18+/m1/s1. The van der Waals surface area contributed by atoms with E-state index in [1.54, 1.807) is 48.5 Å². The van der Waals surface area contributed by atoms with Gasteiger partial charge in [0.05, 0.1) is 22.6 Å². The van der Waals surface area contributed by atoms with Crippen LogP contribution in [0.4, 0.5) is 0 Å². The van der Waals surface area contributed by atoms with Crippen molar-refractivity contribution in [1.29, 1.82) is 0 Å². The first-order valence-electron chi connectivity index (χ1n) is 8.12. The molecular weight excluding hydrogens is 352 g/mol. The van der Waals surface area contributed by atoms with Gasteiger partial charge in [-0.25, -0.2) is 12.4 Å². The van der Waals surface area contributed by atoms with Crippen molar-refractivity contribution in [2.75, 3.05) is 0 Å². The highest BCUT2D eigenvalue weighted by Gasteiger charge is 2.38. The second-order valence-electron chi connectivity index (χ2n) is 6.38. The number of aliphatic hydroxyl groups excluding tert-OH is 1. The normalized spacial score (nSPS) is 19.3. The van der Waals surface area contributed by atoms with Gasteiger partial charge in [0.2, 0.25) is 0 Å². The van der Waals surface area contributed by atoms with Crippen molar-refractivity contribution in [2.45, 2.75) is 30.4 Å². The molecule has 132 valence electrons. The van der Waals surface area contributed by atoms with Gasteiger partial charge in [0.25, 0.3) is 10.0 Å². The molecule has 0 radical (unpaired) electrons. The van der Waals surface area contributed by atoms with E-state index in [-0.39, 0.29) is 11.3 Å². The van der Waals surface area contributed by atoms with Crippen molar-refractivity contribution in [3.05, 3.63) is 75.8 Å². The van der Waals surface area contributed by atoms with Crippen LogP contribution in [0.1, 0.15) is 22.9 Å². The molecular formula is C18H16N4O3S. The van der Waals surface area contributed by atoms with Crippen molar-refractivity contribution in [2.24, 2.45) is 5.11 Å². The van der Waals surface area contributed by atoms with Gasteiger partial charge in [0, 0.05) is 28.0 Å². The van der Waals surface area contributed by atoms with Crippen LogP contribution in [0.3, 0.4) is 0 Å². The molecule has 2 aromatic carbocycles. The van der Waals surface area contributed by atoms with Crippen molar-refractivity contribution in [3.8, 4) is 0 Å². The molecule has 0 bridgehead atoms. The van der Waals surface area contributed by atoms with Crippen LogP contribution in [0.2, 0.25) is 0 Å². The van der Waals surface area contributed by atoms with Crippen molar-refractivity contribution >= 4 is 20.9 Å². The smallest absolute Gasteiger partial charge is 0.268 e. The average Bonchev–Trinajstić information content (AvgIpc) is 3.10. The number of fused-ring (bicyclic) bond motifs is 3. The van der Waals surface area contributed by atoms with Crippen LogP contribution in [0.25, 0.3) is 21.3 Å². The minimum atomic E-state index is -3.86. The quantitative estimate of drug-likeness (QED) is 0.434. The predicted molar refractivity (Wildman–Crippen MR) is 97.3 cm³/mol. The number of azide groups is 1. The molecule has 0 amide bonds. The highest BCUT2D eigenvalue weighted by Crippen LogP contribution is 2.42. The number of rotatable bonds is 3. The van der Waals surface area contributed by atoms with Gasteiger partial charge >= 0.3 is 0 Å².